The van der Waals surface area contributed by atoms with E-state index in [2.05, 4.69) is 0 Å². The minimum Gasteiger partial charge on any atom is -0.463 e. The monoisotopic (exact) mass is 460 g/mol. The minimum atomic E-state index is -0.830. The van der Waals surface area contributed by atoms with Gasteiger partial charge in [0, 0.05) is 23.9 Å². The van der Waals surface area contributed by atoms with Crippen LogP contribution in [0.1, 0.15) is 26.3 Å². The van der Waals surface area contributed by atoms with Gasteiger partial charge in [-0.25, -0.2) is 0 Å². The van der Waals surface area contributed by atoms with Crippen molar-refractivity contribution >= 4 is 18.0 Å². The van der Waals surface area contributed by atoms with Gasteiger partial charge in [-0.2, -0.15) is 0 Å². The molecule has 172 valence electrons. The standard InChI is InChI=1S/C24H28O7S/c1-16(25)26-15-19-20-21(30-24(2,3)29-20)22(27-14-17-10-6-4-7-11-17)23(28-19)31-32-18-12-8-5-9-13-18/h4-13,19-23H,14-15H2,1-3H3/t19-,20+,21+,22-,23?/m1/s1. The van der Waals surface area contributed by atoms with Gasteiger partial charge in [0.25, 0.3) is 0 Å². The topological polar surface area (TPSA) is 72.5 Å². The molecule has 32 heavy (non-hydrogen) atoms. The van der Waals surface area contributed by atoms with Gasteiger partial charge >= 0.3 is 5.97 Å². The fraction of sp³-hybridized carbons (Fsp3) is 0.458. The molecule has 0 bridgehead atoms. The van der Waals surface area contributed by atoms with Crippen LogP contribution in [0.3, 0.4) is 0 Å². The second kappa shape index (κ2) is 10.3. The molecule has 0 radical (unpaired) electrons. The third kappa shape index (κ3) is 5.89. The summed E-state index contributed by atoms with van der Waals surface area (Å²) in [4.78, 5) is 12.3. The molecule has 1 unspecified atom stereocenters. The predicted molar refractivity (Wildman–Crippen MR) is 118 cm³/mol. The lowest BCUT2D eigenvalue weighted by Gasteiger charge is -2.41. The maximum absolute atomic E-state index is 11.4. The molecule has 4 rings (SSSR count). The average molecular weight is 461 g/mol. The van der Waals surface area contributed by atoms with Crippen molar-refractivity contribution in [3.8, 4) is 0 Å². The summed E-state index contributed by atoms with van der Waals surface area (Å²) < 4.78 is 36.1. The molecule has 2 aliphatic rings. The van der Waals surface area contributed by atoms with Gasteiger partial charge in [0.2, 0.25) is 0 Å². The van der Waals surface area contributed by atoms with Crippen LogP contribution in [0.15, 0.2) is 65.6 Å². The summed E-state index contributed by atoms with van der Waals surface area (Å²) in [5, 5.41) is 0. The van der Waals surface area contributed by atoms with Crippen LogP contribution in [-0.4, -0.2) is 49.1 Å². The van der Waals surface area contributed by atoms with Crippen molar-refractivity contribution in [2.24, 2.45) is 0 Å². The predicted octanol–water partition coefficient (Wildman–Crippen LogP) is 4.10. The van der Waals surface area contributed by atoms with Gasteiger partial charge in [0.05, 0.1) is 6.61 Å². The first-order valence-electron chi connectivity index (χ1n) is 10.6. The van der Waals surface area contributed by atoms with E-state index < -0.39 is 36.5 Å². The molecule has 2 fully saturated rings. The smallest absolute Gasteiger partial charge is 0.302 e. The summed E-state index contributed by atoms with van der Waals surface area (Å²) in [6.07, 6.45) is -2.78. The van der Waals surface area contributed by atoms with Crippen LogP contribution in [0, 0.1) is 0 Å². The largest absolute Gasteiger partial charge is 0.463 e. The summed E-state index contributed by atoms with van der Waals surface area (Å²) in [6, 6.07) is 19.6. The number of hydrogen-bond donors (Lipinski definition) is 0. The highest BCUT2D eigenvalue weighted by molar-refractivity contribution is 7.94. The number of hydrogen-bond acceptors (Lipinski definition) is 8. The number of carbonyl (C=O) groups excluding carboxylic acids is 1. The quantitative estimate of drug-likeness (QED) is 0.431. The molecule has 5 atom stereocenters. The van der Waals surface area contributed by atoms with Crippen LogP contribution in [-0.2, 0) is 39.3 Å². The molecule has 2 aromatic carbocycles. The van der Waals surface area contributed by atoms with Gasteiger partial charge in [0.1, 0.15) is 31.0 Å². The average Bonchev–Trinajstić information content (AvgIpc) is 3.11. The Labute approximate surface area is 192 Å². The molecule has 0 spiro atoms. The van der Waals surface area contributed by atoms with E-state index in [1.165, 1.54) is 19.0 Å². The molecular weight excluding hydrogens is 432 g/mol. The second-order valence-electron chi connectivity index (χ2n) is 8.16. The van der Waals surface area contributed by atoms with Crippen LogP contribution in [0.25, 0.3) is 0 Å². The maximum Gasteiger partial charge on any atom is 0.302 e. The Kier molecular flexibility index (Phi) is 7.50. The molecule has 0 saturated carbocycles. The fourth-order valence-electron chi connectivity index (χ4n) is 3.77. The highest BCUT2D eigenvalue weighted by Gasteiger charge is 2.56. The van der Waals surface area contributed by atoms with Crippen LogP contribution in [0.2, 0.25) is 0 Å². The van der Waals surface area contributed by atoms with Crippen molar-refractivity contribution in [3.63, 3.8) is 0 Å². The Hall–Kier alpha value is -1.94. The Bertz CT molecular complexity index is 876. The lowest BCUT2D eigenvalue weighted by atomic mass is 9.99. The van der Waals surface area contributed by atoms with E-state index in [1.54, 1.807) is 0 Å². The van der Waals surface area contributed by atoms with Gasteiger partial charge in [-0.05, 0) is 31.5 Å². The van der Waals surface area contributed by atoms with Crippen molar-refractivity contribution in [1.82, 2.24) is 0 Å². The molecule has 0 amide bonds. The first kappa shape index (κ1) is 23.2. The van der Waals surface area contributed by atoms with Gasteiger partial charge in [0.15, 0.2) is 12.1 Å². The Morgan fingerprint density at radius 1 is 1.00 bits per heavy atom. The number of benzene rings is 2. The Morgan fingerprint density at radius 2 is 1.66 bits per heavy atom. The molecule has 2 aromatic rings. The van der Waals surface area contributed by atoms with Crippen molar-refractivity contribution in [3.05, 3.63) is 66.2 Å². The molecule has 0 N–H and O–H groups in total. The van der Waals surface area contributed by atoms with E-state index in [9.17, 15) is 4.79 Å². The SMILES string of the molecule is CC(=O)OC[C@H]1OC(OSc2ccccc2)[C@H](OCc2ccccc2)[C@H]2OC(C)(C)O[C@H]21. The van der Waals surface area contributed by atoms with Crippen LogP contribution in [0.4, 0.5) is 0 Å². The highest BCUT2D eigenvalue weighted by atomic mass is 32.2. The number of esters is 1. The normalized spacial score (nSPS) is 28.8. The second-order valence-corrected chi connectivity index (χ2v) is 8.99. The zero-order valence-corrected chi connectivity index (χ0v) is 19.2. The molecule has 7 nitrogen and oxygen atoms in total. The van der Waals surface area contributed by atoms with Crippen molar-refractivity contribution in [1.29, 1.82) is 0 Å². The van der Waals surface area contributed by atoms with Crippen LogP contribution in [0.5, 0.6) is 0 Å². The van der Waals surface area contributed by atoms with Gasteiger partial charge in [-0.1, -0.05) is 48.5 Å². The third-order valence-electron chi connectivity index (χ3n) is 5.15. The summed E-state index contributed by atoms with van der Waals surface area (Å²) in [6.45, 7) is 5.46. The summed E-state index contributed by atoms with van der Waals surface area (Å²) in [5.74, 6) is -1.22. The van der Waals surface area contributed by atoms with E-state index in [0.29, 0.717) is 6.61 Å². The zero-order chi connectivity index (χ0) is 22.6. The lowest BCUT2D eigenvalue weighted by Crippen LogP contribution is -2.58. The highest BCUT2D eigenvalue weighted by Crippen LogP contribution is 2.40. The molecule has 2 aliphatic heterocycles. The van der Waals surface area contributed by atoms with E-state index in [-0.39, 0.29) is 12.6 Å². The van der Waals surface area contributed by atoms with E-state index in [4.69, 9.17) is 27.9 Å². The van der Waals surface area contributed by atoms with E-state index in [1.807, 2.05) is 74.5 Å². The minimum absolute atomic E-state index is 0.0389. The van der Waals surface area contributed by atoms with Crippen LogP contribution >= 0.6 is 12.0 Å². The van der Waals surface area contributed by atoms with E-state index in [0.717, 1.165) is 10.5 Å². The Morgan fingerprint density at radius 3 is 2.34 bits per heavy atom. The molecule has 0 aliphatic carbocycles. The maximum atomic E-state index is 11.4. The van der Waals surface area contributed by atoms with Crippen molar-refractivity contribution in [2.45, 2.75) is 68.8 Å². The van der Waals surface area contributed by atoms with Gasteiger partial charge < -0.3 is 23.7 Å². The molecule has 8 heteroatoms. The van der Waals surface area contributed by atoms with Crippen LogP contribution < -0.4 is 0 Å². The van der Waals surface area contributed by atoms with Gasteiger partial charge in [-0.3, -0.25) is 8.98 Å². The first-order valence-corrected chi connectivity index (χ1v) is 11.3. The number of rotatable bonds is 8. The first-order chi connectivity index (χ1) is 15.4. The molecule has 0 aromatic heterocycles. The number of carbonyl (C=O) groups is 1. The lowest BCUT2D eigenvalue weighted by molar-refractivity contribution is -0.265. The van der Waals surface area contributed by atoms with E-state index >= 15 is 0 Å². The van der Waals surface area contributed by atoms with Crippen molar-refractivity contribution in [2.75, 3.05) is 6.61 Å². The summed E-state index contributed by atoms with van der Waals surface area (Å²) in [5.41, 5.74) is 1.03. The molecule has 2 heterocycles. The number of ether oxygens (including phenoxy) is 5. The zero-order valence-electron chi connectivity index (χ0n) is 18.3. The third-order valence-corrected chi connectivity index (χ3v) is 5.90. The van der Waals surface area contributed by atoms with Gasteiger partial charge in [-0.15, -0.1) is 0 Å². The summed E-state index contributed by atoms with van der Waals surface area (Å²) in [7, 11) is 0. The molecular formula is C24H28O7S. The number of fused-ring (bicyclic) bond motifs is 1. The Balaban J connectivity index is 1.54. The summed E-state index contributed by atoms with van der Waals surface area (Å²) >= 11 is 1.20. The fourth-order valence-corrected chi connectivity index (χ4v) is 4.40. The molecule has 2 saturated heterocycles. The van der Waals surface area contributed by atoms with Crippen molar-refractivity contribution < 1.29 is 32.7 Å².